The molecule has 3 aliphatic rings. The van der Waals surface area contributed by atoms with Crippen molar-refractivity contribution in [3.8, 4) is 5.75 Å². The second-order valence-corrected chi connectivity index (χ2v) is 11.9. The Labute approximate surface area is 273 Å². The summed E-state index contributed by atoms with van der Waals surface area (Å²) in [5.74, 6) is -0.513. The van der Waals surface area contributed by atoms with E-state index in [4.69, 9.17) is 14.1 Å². The monoisotopic (exact) mass is 642 g/mol. The van der Waals surface area contributed by atoms with Crippen molar-refractivity contribution in [1.29, 1.82) is 0 Å². The van der Waals surface area contributed by atoms with Crippen LogP contribution >= 0.6 is 0 Å². The zero-order chi connectivity index (χ0) is 32.9. The van der Waals surface area contributed by atoms with Gasteiger partial charge in [-0.1, -0.05) is 42.5 Å². The summed E-state index contributed by atoms with van der Waals surface area (Å²) in [6, 6.07) is 18.2. The van der Waals surface area contributed by atoms with E-state index in [1.54, 1.807) is 12.3 Å². The first-order chi connectivity index (χ1) is 23.0. The van der Waals surface area contributed by atoms with Crippen LogP contribution in [-0.4, -0.2) is 74.0 Å². The first-order valence-electron chi connectivity index (χ1n) is 16.1. The maximum Gasteiger partial charge on any atom is 0.495 e. The average Bonchev–Trinajstić information content (AvgIpc) is 3.88. The van der Waals surface area contributed by atoms with E-state index in [1.165, 1.54) is 13.1 Å². The fourth-order valence-corrected chi connectivity index (χ4v) is 6.26. The lowest BCUT2D eigenvalue weighted by Gasteiger charge is -2.36. The maximum atomic E-state index is 15.6. The lowest BCUT2D eigenvalue weighted by atomic mass is 9.79. The number of esters is 1. The van der Waals surface area contributed by atoms with Crippen molar-refractivity contribution in [1.82, 2.24) is 9.47 Å². The third-order valence-corrected chi connectivity index (χ3v) is 8.86. The van der Waals surface area contributed by atoms with Gasteiger partial charge in [0.1, 0.15) is 23.7 Å². The number of ether oxygens (including phenoxy) is 2. The Morgan fingerprint density at radius 1 is 1.06 bits per heavy atom. The summed E-state index contributed by atoms with van der Waals surface area (Å²) >= 11 is 0. The molecule has 4 aromatic rings. The second kappa shape index (κ2) is 14.7. The molecule has 0 spiro atoms. The van der Waals surface area contributed by atoms with Gasteiger partial charge in [-0.05, 0) is 55.6 Å². The summed E-state index contributed by atoms with van der Waals surface area (Å²) in [6.07, 6.45) is 4.28. The lowest BCUT2D eigenvalue weighted by molar-refractivity contribution is 0.0470. The van der Waals surface area contributed by atoms with Crippen LogP contribution in [0.15, 0.2) is 71.7 Å². The number of halogens is 1. The molecule has 12 heteroatoms. The molecule has 3 aromatic carbocycles. The van der Waals surface area contributed by atoms with Crippen molar-refractivity contribution < 1.29 is 28.3 Å². The first-order valence-corrected chi connectivity index (χ1v) is 16.1. The molecular weight excluding hydrogens is 602 g/mol. The Hall–Kier alpha value is -4.23. The molecule has 0 bridgehead atoms. The molecule has 7 rings (SSSR count). The van der Waals surface area contributed by atoms with Crippen LogP contribution < -0.4 is 26.3 Å². The standard InChI is InChI=1S/C34H35BFN3O6.CH5N/c36-28-18-26-29(39(25-10-11-25)20-27(33(26)40)34(41)44-21-23-6-2-1-3-7-23)19-30(28)38-15-13-37(14-16-38)12-5-17-43-31-9-4-8-24-22-45-35(42)32(24)31;1-2/h1-4,6-9,18-20,25,42H,5,10-17,21-22H2;2H2,1H3. The molecule has 1 aliphatic carbocycles. The summed E-state index contributed by atoms with van der Waals surface area (Å²) in [4.78, 5) is 30.7. The van der Waals surface area contributed by atoms with Gasteiger partial charge in [0.25, 0.3) is 0 Å². The summed E-state index contributed by atoms with van der Waals surface area (Å²) in [5, 5.41) is 10.3. The van der Waals surface area contributed by atoms with Crippen molar-refractivity contribution in [2.24, 2.45) is 5.73 Å². The highest BCUT2D eigenvalue weighted by molar-refractivity contribution is 6.62. The number of hydrogen-bond acceptors (Lipinski definition) is 9. The van der Waals surface area contributed by atoms with Crippen LogP contribution in [0.25, 0.3) is 10.9 Å². The Balaban J connectivity index is 0.00000190. The van der Waals surface area contributed by atoms with E-state index in [9.17, 15) is 14.6 Å². The zero-order valence-electron chi connectivity index (χ0n) is 26.6. The molecule has 1 saturated heterocycles. The Morgan fingerprint density at radius 3 is 2.57 bits per heavy atom. The van der Waals surface area contributed by atoms with E-state index in [0.717, 1.165) is 55.5 Å². The van der Waals surface area contributed by atoms with Crippen LogP contribution in [0.1, 0.15) is 46.8 Å². The zero-order valence-corrected chi connectivity index (χ0v) is 26.6. The van der Waals surface area contributed by atoms with E-state index in [0.29, 0.717) is 43.3 Å². The largest absolute Gasteiger partial charge is 0.495 e. The number of pyridine rings is 1. The van der Waals surface area contributed by atoms with Crippen molar-refractivity contribution in [2.75, 3.05) is 51.3 Å². The predicted octanol–water partition coefficient (Wildman–Crippen LogP) is 3.22. The number of carbonyl (C=O) groups excluding carboxylic acids is 1. The molecule has 3 N–H and O–H groups in total. The van der Waals surface area contributed by atoms with Gasteiger partial charge in [0.2, 0.25) is 5.43 Å². The van der Waals surface area contributed by atoms with Crippen molar-refractivity contribution in [3.63, 3.8) is 0 Å². The van der Waals surface area contributed by atoms with Gasteiger partial charge in [-0.15, -0.1) is 0 Å². The minimum absolute atomic E-state index is 0.0568. The smallest absolute Gasteiger partial charge is 0.494 e. The molecule has 2 fully saturated rings. The highest BCUT2D eigenvalue weighted by atomic mass is 19.1. The van der Waals surface area contributed by atoms with Crippen molar-refractivity contribution >= 4 is 35.1 Å². The van der Waals surface area contributed by atoms with Gasteiger partial charge in [0, 0.05) is 55.8 Å². The number of nitrogens with two attached hydrogens (primary N) is 1. The van der Waals surface area contributed by atoms with E-state index >= 15 is 4.39 Å². The third kappa shape index (κ3) is 7.20. The molecule has 0 radical (unpaired) electrons. The topological polar surface area (TPSA) is 119 Å². The lowest BCUT2D eigenvalue weighted by Crippen LogP contribution is -2.47. The van der Waals surface area contributed by atoms with Crippen LogP contribution in [0.4, 0.5) is 10.1 Å². The van der Waals surface area contributed by atoms with Crippen LogP contribution in [0, 0.1) is 5.82 Å². The highest BCUT2D eigenvalue weighted by Crippen LogP contribution is 2.38. The third-order valence-electron chi connectivity index (χ3n) is 8.86. The van der Waals surface area contributed by atoms with Gasteiger partial charge in [0.05, 0.1) is 24.4 Å². The van der Waals surface area contributed by atoms with Gasteiger partial charge >= 0.3 is 13.1 Å². The summed E-state index contributed by atoms with van der Waals surface area (Å²) in [6.45, 7) is 4.64. The number of hydrogen-bond donors (Lipinski definition) is 2. The van der Waals surface area contributed by atoms with Crippen LogP contribution in [0.3, 0.4) is 0 Å². The summed E-state index contributed by atoms with van der Waals surface area (Å²) in [5.41, 5.74) is 7.52. The predicted molar refractivity (Wildman–Crippen MR) is 180 cm³/mol. The Kier molecular flexibility index (Phi) is 10.2. The Morgan fingerprint density at radius 2 is 1.83 bits per heavy atom. The van der Waals surface area contributed by atoms with Gasteiger partial charge in [-0.3, -0.25) is 9.69 Å². The van der Waals surface area contributed by atoms with Crippen molar-refractivity contribution in [2.45, 2.75) is 38.5 Å². The molecule has 0 amide bonds. The van der Waals surface area contributed by atoms with Gasteiger partial charge in [-0.2, -0.15) is 0 Å². The quantitative estimate of drug-likeness (QED) is 0.153. The number of nitrogens with zero attached hydrogens (tertiary/aromatic N) is 3. The molecule has 1 saturated carbocycles. The molecule has 1 aromatic heterocycles. The first kappa shape index (κ1) is 32.7. The number of piperazine rings is 1. The maximum absolute atomic E-state index is 15.6. The SMILES string of the molecule is CN.O=C(OCc1ccccc1)c1cn(C2CC2)c2cc(N3CCN(CCCOc4cccc5c4B(O)OC5)CC3)c(F)cc2c1=O. The van der Waals surface area contributed by atoms with Crippen LogP contribution in [0.5, 0.6) is 5.75 Å². The summed E-state index contributed by atoms with van der Waals surface area (Å²) < 4.78 is 34.3. The summed E-state index contributed by atoms with van der Waals surface area (Å²) in [7, 11) is 0.558. The fourth-order valence-electron chi connectivity index (χ4n) is 6.26. The second-order valence-electron chi connectivity index (χ2n) is 11.9. The molecule has 246 valence electrons. The minimum atomic E-state index is -0.942. The minimum Gasteiger partial charge on any atom is -0.494 e. The van der Waals surface area contributed by atoms with Gasteiger partial charge in [0.15, 0.2) is 0 Å². The molecule has 3 heterocycles. The highest BCUT2D eigenvalue weighted by Gasteiger charge is 2.31. The molecule has 0 unspecified atom stereocenters. The fraction of sp³-hybridized carbons (Fsp3) is 0.371. The molecule has 10 nitrogen and oxygen atoms in total. The molecule has 0 atom stereocenters. The molecule has 2 aliphatic heterocycles. The molecular formula is C35H40BFN4O6. The van der Waals surface area contributed by atoms with E-state index < -0.39 is 24.3 Å². The van der Waals surface area contributed by atoms with Crippen LogP contribution in [-0.2, 0) is 22.6 Å². The van der Waals surface area contributed by atoms with E-state index in [2.05, 4.69) is 10.6 Å². The number of fused-ring (bicyclic) bond motifs is 2. The number of aromatic nitrogens is 1. The molecule has 47 heavy (non-hydrogen) atoms. The van der Waals surface area contributed by atoms with E-state index in [-0.39, 0.29) is 23.6 Å². The number of benzene rings is 3. The van der Waals surface area contributed by atoms with Crippen LogP contribution in [0.2, 0.25) is 0 Å². The average molecular weight is 643 g/mol. The normalized spacial score (nSPS) is 16.1. The Bertz CT molecular complexity index is 1780. The van der Waals surface area contributed by atoms with E-state index in [1.807, 2.05) is 58.0 Å². The van der Waals surface area contributed by atoms with Gasteiger partial charge in [-0.25, -0.2) is 9.18 Å². The number of rotatable bonds is 10. The number of carbonyl (C=O) groups is 1. The van der Waals surface area contributed by atoms with Gasteiger partial charge < -0.3 is 34.4 Å². The number of anilines is 1. The van der Waals surface area contributed by atoms with Crippen molar-refractivity contribution in [3.05, 3.63) is 99.6 Å².